The van der Waals surface area contributed by atoms with Crippen molar-refractivity contribution in [2.24, 2.45) is 0 Å². The van der Waals surface area contributed by atoms with Crippen LogP contribution in [0.1, 0.15) is 40.5 Å². The molecule has 4 nitrogen and oxygen atoms in total. The van der Waals surface area contributed by atoms with E-state index in [0.717, 1.165) is 37.2 Å². The number of ether oxygens (including phenoxy) is 1. The molecule has 0 unspecified atom stereocenters. The third-order valence-corrected chi connectivity index (χ3v) is 2.56. The highest BCUT2D eigenvalue weighted by molar-refractivity contribution is 5.68. The third-order valence-electron chi connectivity index (χ3n) is 2.56. The lowest BCUT2D eigenvalue weighted by Gasteiger charge is -2.16. The zero-order chi connectivity index (χ0) is 14.0. The van der Waals surface area contributed by atoms with Gasteiger partial charge in [0.2, 0.25) is 0 Å². The number of carbonyl (C=O) groups excluding carboxylic acids is 1. The van der Waals surface area contributed by atoms with Gasteiger partial charge in [-0.25, -0.2) is 0 Å². The Morgan fingerprint density at radius 3 is 2.44 bits per heavy atom. The van der Waals surface area contributed by atoms with Gasteiger partial charge >= 0.3 is 5.97 Å². The van der Waals surface area contributed by atoms with E-state index in [0.29, 0.717) is 5.76 Å². The fraction of sp³-hybridized carbons (Fsp3) is 0.643. The van der Waals surface area contributed by atoms with Gasteiger partial charge in [-0.2, -0.15) is 0 Å². The molecule has 2 N–H and O–H groups in total. The summed E-state index contributed by atoms with van der Waals surface area (Å²) in [6.45, 7) is 9.19. The lowest BCUT2D eigenvalue weighted by molar-refractivity contribution is -0.136. The first-order chi connectivity index (χ1) is 8.56. The second-order valence-electron chi connectivity index (χ2n) is 4.09. The zero-order valence-electron chi connectivity index (χ0n) is 12.2. The highest BCUT2D eigenvalue weighted by Crippen LogP contribution is 2.20. The van der Waals surface area contributed by atoms with E-state index in [1.807, 2.05) is 27.0 Å². The Hall–Kier alpha value is -1.29. The molecule has 18 heavy (non-hydrogen) atoms. The van der Waals surface area contributed by atoms with Crippen molar-refractivity contribution >= 4 is 5.97 Å². The molecule has 0 fully saturated rings. The van der Waals surface area contributed by atoms with Crippen LogP contribution in [0.3, 0.4) is 0 Å². The van der Waals surface area contributed by atoms with Crippen molar-refractivity contribution in [1.29, 1.82) is 0 Å². The van der Waals surface area contributed by atoms with Crippen LogP contribution < -0.4 is 10.6 Å². The maximum absolute atomic E-state index is 11.1. The van der Waals surface area contributed by atoms with Crippen molar-refractivity contribution in [1.82, 2.24) is 10.6 Å². The lowest BCUT2D eigenvalue weighted by Crippen LogP contribution is -2.16. The minimum Gasteiger partial charge on any atom is -0.427 e. The molecule has 0 spiro atoms. The summed E-state index contributed by atoms with van der Waals surface area (Å²) in [5.41, 5.74) is 2.15. The number of rotatable bonds is 8. The van der Waals surface area contributed by atoms with Gasteiger partial charge in [0.05, 0.1) is 0 Å². The Morgan fingerprint density at radius 1 is 1.33 bits per heavy atom. The fourth-order valence-corrected chi connectivity index (χ4v) is 1.76. The number of hydrogen-bond acceptors (Lipinski definition) is 4. The Kier molecular flexibility index (Phi) is 9.01. The first-order valence-electron chi connectivity index (χ1n) is 6.50. The quantitative estimate of drug-likeness (QED) is 0.302. The summed E-state index contributed by atoms with van der Waals surface area (Å²) in [4.78, 5) is 11.1. The maximum atomic E-state index is 11.1. The molecule has 0 aliphatic heterocycles. The first kappa shape index (κ1) is 16.7. The second kappa shape index (κ2) is 9.71. The summed E-state index contributed by atoms with van der Waals surface area (Å²) in [7, 11) is 1.93. The molecule has 0 amide bonds. The summed E-state index contributed by atoms with van der Waals surface area (Å²) >= 11 is 0. The highest BCUT2D eigenvalue weighted by atomic mass is 16.5. The molecule has 0 rings (SSSR count). The normalized spacial score (nSPS) is 13.1. The van der Waals surface area contributed by atoms with Gasteiger partial charge in [0.25, 0.3) is 0 Å². The van der Waals surface area contributed by atoms with Crippen LogP contribution in [0.2, 0.25) is 0 Å². The minimum absolute atomic E-state index is 0.279. The van der Waals surface area contributed by atoms with E-state index in [9.17, 15) is 4.79 Å². The molecule has 0 bridgehead atoms. The van der Waals surface area contributed by atoms with Gasteiger partial charge in [-0.15, -0.1) is 0 Å². The van der Waals surface area contributed by atoms with E-state index >= 15 is 0 Å². The Morgan fingerprint density at radius 2 is 2.00 bits per heavy atom. The number of esters is 1. The van der Waals surface area contributed by atoms with Crippen LogP contribution in [0.15, 0.2) is 23.1 Å². The molecular weight excluding hydrogens is 228 g/mol. The molecule has 0 aliphatic rings. The van der Waals surface area contributed by atoms with Gasteiger partial charge in [0, 0.05) is 24.7 Å². The Balaban J connectivity index is 4.93. The van der Waals surface area contributed by atoms with Crippen LogP contribution in [0.5, 0.6) is 0 Å². The van der Waals surface area contributed by atoms with Gasteiger partial charge in [0.15, 0.2) is 0 Å². The molecular formula is C14H26N2O2. The summed E-state index contributed by atoms with van der Waals surface area (Å²) in [6.07, 6.45) is 3.73. The average molecular weight is 254 g/mol. The predicted molar refractivity (Wildman–Crippen MR) is 75.1 cm³/mol. The van der Waals surface area contributed by atoms with Crippen molar-refractivity contribution in [3.05, 3.63) is 23.1 Å². The molecule has 0 radical (unpaired) electrons. The first-order valence-corrected chi connectivity index (χ1v) is 6.50. The number of hydrogen-bond donors (Lipinski definition) is 2. The molecule has 0 atom stereocenters. The molecule has 0 saturated heterocycles. The van der Waals surface area contributed by atoms with Crippen molar-refractivity contribution < 1.29 is 9.53 Å². The number of allylic oxidation sites excluding steroid dienone is 3. The van der Waals surface area contributed by atoms with Gasteiger partial charge < -0.3 is 15.4 Å². The number of nitrogens with one attached hydrogen (secondary N) is 2. The predicted octanol–water partition coefficient (Wildman–Crippen LogP) is 2.34. The van der Waals surface area contributed by atoms with Crippen molar-refractivity contribution in [2.75, 3.05) is 20.1 Å². The van der Waals surface area contributed by atoms with Crippen molar-refractivity contribution in [2.45, 2.75) is 40.5 Å². The molecule has 0 aromatic carbocycles. The van der Waals surface area contributed by atoms with Crippen LogP contribution in [0.25, 0.3) is 0 Å². The molecule has 0 aliphatic carbocycles. The van der Waals surface area contributed by atoms with E-state index in [1.54, 1.807) is 0 Å². The molecule has 104 valence electrons. The monoisotopic (exact) mass is 254 g/mol. The maximum Gasteiger partial charge on any atom is 0.308 e. The Bertz CT molecular complexity index is 320. The minimum atomic E-state index is -0.279. The fourth-order valence-electron chi connectivity index (χ4n) is 1.76. The van der Waals surface area contributed by atoms with Gasteiger partial charge in [0.1, 0.15) is 5.76 Å². The third kappa shape index (κ3) is 6.45. The van der Waals surface area contributed by atoms with Crippen molar-refractivity contribution in [3.63, 3.8) is 0 Å². The lowest BCUT2D eigenvalue weighted by atomic mass is 10.1. The van der Waals surface area contributed by atoms with E-state index in [4.69, 9.17) is 4.74 Å². The zero-order valence-corrected chi connectivity index (χ0v) is 12.2. The van der Waals surface area contributed by atoms with Crippen LogP contribution in [0.4, 0.5) is 0 Å². The summed E-state index contributed by atoms with van der Waals surface area (Å²) in [5, 5.41) is 6.41. The van der Waals surface area contributed by atoms with Crippen LogP contribution >= 0.6 is 0 Å². The summed E-state index contributed by atoms with van der Waals surface area (Å²) in [6, 6.07) is 0. The van der Waals surface area contributed by atoms with Gasteiger partial charge in [-0.1, -0.05) is 0 Å². The SMILES string of the molecule is C/C=C(OC(C)=O)\C(CCCNC)=C(/C)NCC. The van der Waals surface area contributed by atoms with E-state index in [-0.39, 0.29) is 5.97 Å². The Labute approximate surface area is 110 Å². The van der Waals surface area contributed by atoms with Gasteiger partial charge in [-0.3, -0.25) is 4.79 Å². The summed E-state index contributed by atoms with van der Waals surface area (Å²) in [5.74, 6) is 0.385. The molecule has 0 aromatic rings. The molecule has 0 saturated carbocycles. The largest absolute Gasteiger partial charge is 0.427 e. The molecule has 0 aromatic heterocycles. The van der Waals surface area contributed by atoms with E-state index < -0.39 is 0 Å². The van der Waals surface area contributed by atoms with Gasteiger partial charge in [-0.05, 0) is 53.3 Å². The van der Waals surface area contributed by atoms with Crippen LogP contribution in [0, 0.1) is 0 Å². The average Bonchev–Trinajstić information content (AvgIpc) is 2.32. The summed E-state index contributed by atoms with van der Waals surface area (Å²) < 4.78 is 5.26. The topological polar surface area (TPSA) is 50.4 Å². The smallest absolute Gasteiger partial charge is 0.308 e. The standard InChI is InChI=1S/C14H26N2O2/c1-6-14(18-12(4)17)13(9-8-10-15-5)11(3)16-7-2/h6,15-16H,7-10H2,1-5H3/b13-11+,14-6+. The molecule has 0 heterocycles. The number of carbonyl (C=O) groups is 1. The highest BCUT2D eigenvalue weighted by Gasteiger charge is 2.11. The van der Waals surface area contributed by atoms with E-state index in [1.165, 1.54) is 6.92 Å². The van der Waals surface area contributed by atoms with Crippen molar-refractivity contribution in [3.8, 4) is 0 Å². The molecule has 4 heteroatoms. The van der Waals surface area contributed by atoms with Crippen LogP contribution in [-0.2, 0) is 9.53 Å². The van der Waals surface area contributed by atoms with Crippen LogP contribution in [-0.4, -0.2) is 26.1 Å². The second-order valence-corrected chi connectivity index (χ2v) is 4.09. The van der Waals surface area contributed by atoms with E-state index in [2.05, 4.69) is 17.6 Å².